The van der Waals surface area contributed by atoms with Crippen LogP contribution in [0.2, 0.25) is 0 Å². The molecule has 1 fully saturated rings. The smallest absolute Gasteiger partial charge is 0.387 e. The lowest BCUT2D eigenvalue weighted by atomic mass is 9.96. The number of aliphatic hydroxyl groups excluding tert-OH is 1. The largest absolute Gasteiger partial charge is 0.490 e. The standard InChI is InChI=1S/C10H20N3O14P3/c1-10(16)7(14)5(25-8(10)13-3-2-6(11)12-9(13)15)4-24-29(20,21)27-30(22,23)26-28(17,18)19/h2-3,5-8,14,16H,4,11H2,1H3,(H,12,15)(H,20,21)(H,22,23)(H2,17,18,19)/t5-,6?,7-,8-,10-/m1/s1. The molecule has 174 valence electrons. The van der Waals surface area contributed by atoms with Gasteiger partial charge in [-0.2, -0.15) is 8.62 Å². The Morgan fingerprint density at radius 1 is 1.23 bits per heavy atom. The van der Waals surface area contributed by atoms with Gasteiger partial charge in [0.25, 0.3) is 0 Å². The molecule has 2 amide bonds. The van der Waals surface area contributed by atoms with E-state index in [1.165, 1.54) is 12.3 Å². The van der Waals surface area contributed by atoms with Crippen molar-refractivity contribution in [3.63, 3.8) is 0 Å². The summed E-state index contributed by atoms with van der Waals surface area (Å²) in [5.41, 5.74) is 3.40. The van der Waals surface area contributed by atoms with Gasteiger partial charge in [-0.25, -0.2) is 18.5 Å². The molecule has 3 unspecified atom stereocenters. The quantitative estimate of drug-likeness (QED) is 0.168. The first-order valence-corrected chi connectivity index (χ1v) is 12.3. The summed E-state index contributed by atoms with van der Waals surface area (Å²) >= 11 is 0. The van der Waals surface area contributed by atoms with Gasteiger partial charge in [0.1, 0.15) is 17.8 Å². The van der Waals surface area contributed by atoms with E-state index in [0.717, 1.165) is 11.8 Å². The average molecular weight is 499 g/mol. The summed E-state index contributed by atoms with van der Waals surface area (Å²) in [6, 6.07) is -0.781. The van der Waals surface area contributed by atoms with Gasteiger partial charge >= 0.3 is 29.5 Å². The molecule has 0 aromatic rings. The molecule has 2 rings (SSSR count). The van der Waals surface area contributed by atoms with E-state index in [-0.39, 0.29) is 0 Å². The Labute approximate surface area is 168 Å². The van der Waals surface area contributed by atoms with Gasteiger partial charge in [-0.3, -0.25) is 9.42 Å². The Bertz CT molecular complexity index is 843. The fourth-order valence-corrected chi connectivity index (χ4v) is 5.58. The zero-order valence-electron chi connectivity index (χ0n) is 15.0. The van der Waals surface area contributed by atoms with E-state index in [4.69, 9.17) is 25.2 Å². The van der Waals surface area contributed by atoms with Gasteiger partial charge in [-0.1, -0.05) is 0 Å². The predicted octanol–water partition coefficient (Wildman–Crippen LogP) is -2.01. The van der Waals surface area contributed by atoms with Crippen LogP contribution < -0.4 is 11.1 Å². The van der Waals surface area contributed by atoms with Gasteiger partial charge in [0.05, 0.1) is 12.8 Å². The summed E-state index contributed by atoms with van der Waals surface area (Å²) in [4.78, 5) is 48.4. The van der Waals surface area contributed by atoms with Crippen LogP contribution in [0.5, 0.6) is 0 Å². The molecule has 0 spiro atoms. The van der Waals surface area contributed by atoms with Crippen LogP contribution in [-0.4, -0.2) is 77.5 Å². The molecule has 0 radical (unpaired) electrons. The highest BCUT2D eigenvalue weighted by atomic mass is 31.3. The molecule has 9 N–H and O–H groups in total. The number of nitrogens with zero attached hydrogens (tertiary/aromatic N) is 1. The molecular weight excluding hydrogens is 479 g/mol. The molecule has 1 saturated heterocycles. The molecular formula is C10H20N3O14P3. The lowest BCUT2D eigenvalue weighted by Gasteiger charge is -2.35. The summed E-state index contributed by atoms with van der Waals surface area (Å²) in [6.45, 7) is 0.0824. The fourth-order valence-electron chi connectivity index (χ4n) is 2.55. The van der Waals surface area contributed by atoms with Crippen molar-refractivity contribution in [3.8, 4) is 0 Å². The number of carbonyl (C=O) groups is 1. The number of phosphoric ester groups is 1. The molecule has 7 atom stereocenters. The first-order chi connectivity index (χ1) is 13.4. The zero-order valence-corrected chi connectivity index (χ0v) is 17.7. The monoisotopic (exact) mass is 499 g/mol. The summed E-state index contributed by atoms with van der Waals surface area (Å²) in [6.07, 6.45) is -3.11. The van der Waals surface area contributed by atoms with Gasteiger partial charge in [-0.05, 0) is 13.0 Å². The van der Waals surface area contributed by atoms with Crippen molar-refractivity contribution < 1.29 is 66.2 Å². The minimum absolute atomic E-state index is 0.781. The maximum absolute atomic E-state index is 12.0. The molecule has 0 aromatic carbocycles. The highest BCUT2D eigenvalue weighted by Gasteiger charge is 2.56. The highest BCUT2D eigenvalue weighted by Crippen LogP contribution is 2.66. The number of aliphatic hydroxyl groups is 2. The third kappa shape index (κ3) is 6.38. The number of phosphoric acid groups is 3. The van der Waals surface area contributed by atoms with Crippen LogP contribution in [0.4, 0.5) is 4.79 Å². The van der Waals surface area contributed by atoms with Crippen molar-refractivity contribution in [1.29, 1.82) is 0 Å². The summed E-state index contributed by atoms with van der Waals surface area (Å²) < 4.78 is 50.4. The fraction of sp³-hybridized carbons (Fsp3) is 0.700. The molecule has 17 nitrogen and oxygen atoms in total. The van der Waals surface area contributed by atoms with E-state index < -0.39 is 66.3 Å². The van der Waals surface area contributed by atoms with Crippen molar-refractivity contribution in [2.24, 2.45) is 5.73 Å². The van der Waals surface area contributed by atoms with Crippen molar-refractivity contribution in [2.45, 2.75) is 37.1 Å². The molecule has 0 saturated carbocycles. The van der Waals surface area contributed by atoms with E-state index in [9.17, 15) is 33.6 Å². The van der Waals surface area contributed by atoms with Crippen molar-refractivity contribution >= 4 is 29.5 Å². The second-order valence-corrected chi connectivity index (χ2v) is 10.7. The van der Waals surface area contributed by atoms with Crippen LogP contribution in [0, 0.1) is 0 Å². The van der Waals surface area contributed by atoms with Gasteiger partial charge < -0.3 is 45.6 Å². The lowest BCUT2D eigenvalue weighted by Crippen LogP contribution is -2.58. The second-order valence-electron chi connectivity index (χ2n) is 6.31. The topological polar surface area (TPSA) is 268 Å². The Hall–Kier alpha value is -0.740. The summed E-state index contributed by atoms with van der Waals surface area (Å²) in [5.74, 6) is 0. The third-order valence-electron chi connectivity index (χ3n) is 3.80. The van der Waals surface area contributed by atoms with Crippen molar-refractivity contribution in [1.82, 2.24) is 10.2 Å². The molecule has 2 aliphatic rings. The number of hydrogen-bond acceptors (Lipinski definition) is 11. The zero-order chi connectivity index (χ0) is 23.1. The Morgan fingerprint density at radius 3 is 2.37 bits per heavy atom. The molecule has 2 heterocycles. The number of urea groups is 1. The van der Waals surface area contributed by atoms with Crippen LogP contribution in [0.3, 0.4) is 0 Å². The van der Waals surface area contributed by atoms with Crippen molar-refractivity contribution in [3.05, 3.63) is 12.3 Å². The molecule has 20 heteroatoms. The number of nitrogens with two attached hydrogens (primary N) is 1. The van der Waals surface area contributed by atoms with Gasteiger partial charge in [0.2, 0.25) is 0 Å². The SMILES string of the molecule is C[C@@]1(O)[C@H](O)[C@@H](COP(=O)(O)OP(=O)(O)OP(=O)(O)O)O[C@H]1N1C=CC(N)NC1=O. The summed E-state index contributed by atoms with van der Waals surface area (Å²) in [5, 5.41) is 23.0. The van der Waals surface area contributed by atoms with E-state index >= 15 is 0 Å². The Morgan fingerprint density at radius 2 is 1.83 bits per heavy atom. The number of nitrogens with one attached hydrogen (secondary N) is 1. The van der Waals surface area contributed by atoms with Crippen LogP contribution in [0.1, 0.15) is 6.92 Å². The number of rotatable bonds is 8. The van der Waals surface area contributed by atoms with Crippen LogP contribution in [0.15, 0.2) is 12.3 Å². The second kappa shape index (κ2) is 8.65. The molecule has 0 aliphatic carbocycles. The Kier molecular flexibility index (Phi) is 7.36. The average Bonchev–Trinajstić information content (AvgIpc) is 2.73. The van der Waals surface area contributed by atoms with E-state index in [2.05, 4.69) is 18.5 Å². The highest BCUT2D eigenvalue weighted by molar-refractivity contribution is 7.66. The van der Waals surface area contributed by atoms with E-state index in [0.29, 0.717) is 0 Å². The van der Waals surface area contributed by atoms with Crippen LogP contribution in [0.25, 0.3) is 0 Å². The van der Waals surface area contributed by atoms with Gasteiger partial charge in [-0.15, -0.1) is 0 Å². The number of ether oxygens (including phenoxy) is 1. The normalized spacial score (nSPS) is 36.3. The Balaban J connectivity index is 2.06. The third-order valence-corrected chi connectivity index (χ3v) is 7.61. The van der Waals surface area contributed by atoms with E-state index in [1.54, 1.807) is 0 Å². The van der Waals surface area contributed by atoms with Gasteiger partial charge in [0, 0.05) is 6.20 Å². The molecule has 0 aromatic heterocycles. The number of amides is 2. The summed E-state index contributed by atoms with van der Waals surface area (Å²) in [7, 11) is -16.7. The predicted molar refractivity (Wildman–Crippen MR) is 92.6 cm³/mol. The van der Waals surface area contributed by atoms with Crippen LogP contribution >= 0.6 is 23.5 Å². The molecule has 2 aliphatic heterocycles. The first kappa shape index (κ1) is 25.5. The maximum atomic E-state index is 12.0. The minimum atomic E-state index is -5.72. The first-order valence-electron chi connectivity index (χ1n) is 7.80. The lowest BCUT2D eigenvalue weighted by molar-refractivity contribution is -0.107. The molecule has 0 bridgehead atoms. The maximum Gasteiger partial charge on any atom is 0.490 e. The van der Waals surface area contributed by atoms with Crippen LogP contribution in [-0.2, 0) is 31.6 Å². The van der Waals surface area contributed by atoms with E-state index in [1.807, 2.05) is 0 Å². The van der Waals surface area contributed by atoms with Crippen molar-refractivity contribution in [2.75, 3.05) is 6.61 Å². The number of hydrogen-bond donors (Lipinski definition) is 8. The minimum Gasteiger partial charge on any atom is -0.387 e. The number of carbonyl (C=O) groups excluding carboxylic acids is 1. The van der Waals surface area contributed by atoms with Gasteiger partial charge in [0.15, 0.2) is 6.23 Å². The molecule has 30 heavy (non-hydrogen) atoms.